The molecule has 1 fully saturated rings. The van der Waals surface area contributed by atoms with Crippen LogP contribution in [0.25, 0.3) is 0 Å². The van der Waals surface area contributed by atoms with Gasteiger partial charge in [-0.2, -0.15) is 0 Å². The second-order valence-corrected chi connectivity index (χ2v) is 5.87. The van der Waals surface area contributed by atoms with E-state index >= 15 is 0 Å². The first-order valence-electron chi connectivity index (χ1n) is 6.42. The number of amides is 1. The summed E-state index contributed by atoms with van der Waals surface area (Å²) in [5, 5.41) is 3.18. The normalized spacial score (nSPS) is 19.7. The topological polar surface area (TPSA) is 32.3 Å². The predicted octanol–water partition coefficient (Wildman–Crippen LogP) is 3.12. The lowest BCUT2D eigenvalue weighted by Gasteiger charge is -2.31. The summed E-state index contributed by atoms with van der Waals surface area (Å²) in [5.41, 5.74) is 0.975. The Bertz CT molecular complexity index is 422. The van der Waals surface area contributed by atoms with Gasteiger partial charge < -0.3 is 10.2 Å². The Morgan fingerprint density at radius 2 is 2.39 bits per heavy atom. The van der Waals surface area contributed by atoms with Gasteiger partial charge in [-0.25, -0.2) is 0 Å². The van der Waals surface area contributed by atoms with Crippen molar-refractivity contribution in [1.82, 2.24) is 4.90 Å². The number of piperidine rings is 1. The van der Waals surface area contributed by atoms with Crippen LogP contribution in [0.1, 0.15) is 19.8 Å². The van der Waals surface area contributed by atoms with Crippen molar-refractivity contribution in [3.63, 3.8) is 0 Å². The van der Waals surface area contributed by atoms with Gasteiger partial charge in [0.05, 0.1) is 6.54 Å². The van der Waals surface area contributed by atoms with Crippen LogP contribution in [-0.2, 0) is 4.79 Å². The molecule has 18 heavy (non-hydrogen) atoms. The fraction of sp³-hybridized carbons (Fsp3) is 0.500. The second-order valence-electron chi connectivity index (χ2n) is 4.95. The lowest BCUT2D eigenvalue weighted by atomic mass is 10.0. The molecule has 1 unspecified atom stereocenters. The molecule has 1 saturated heterocycles. The minimum Gasteiger partial charge on any atom is -0.376 e. The molecular formula is C14H19BrN2O. The molecule has 0 bridgehead atoms. The van der Waals surface area contributed by atoms with Crippen molar-refractivity contribution in [2.75, 3.05) is 25.0 Å². The van der Waals surface area contributed by atoms with Gasteiger partial charge in [0.2, 0.25) is 5.91 Å². The fourth-order valence-corrected chi connectivity index (χ4v) is 2.70. The molecule has 0 aromatic heterocycles. The van der Waals surface area contributed by atoms with Crippen molar-refractivity contribution in [3.8, 4) is 0 Å². The van der Waals surface area contributed by atoms with Crippen molar-refractivity contribution in [3.05, 3.63) is 28.7 Å². The highest BCUT2D eigenvalue weighted by Crippen LogP contribution is 2.17. The molecule has 1 aliphatic heterocycles. The molecule has 2 rings (SSSR count). The van der Waals surface area contributed by atoms with Crippen LogP contribution in [0.2, 0.25) is 0 Å². The van der Waals surface area contributed by atoms with Crippen LogP contribution >= 0.6 is 15.9 Å². The highest BCUT2D eigenvalue weighted by Gasteiger charge is 2.20. The lowest BCUT2D eigenvalue weighted by molar-refractivity contribution is -0.130. The first-order valence-corrected chi connectivity index (χ1v) is 7.21. The van der Waals surface area contributed by atoms with Gasteiger partial charge in [0.25, 0.3) is 0 Å². The number of carbonyl (C=O) groups is 1. The van der Waals surface area contributed by atoms with E-state index in [1.54, 1.807) is 0 Å². The molecule has 1 aromatic carbocycles. The smallest absolute Gasteiger partial charge is 0.241 e. The van der Waals surface area contributed by atoms with Crippen molar-refractivity contribution in [1.29, 1.82) is 0 Å². The van der Waals surface area contributed by atoms with E-state index in [0.29, 0.717) is 12.5 Å². The van der Waals surface area contributed by atoms with Gasteiger partial charge >= 0.3 is 0 Å². The van der Waals surface area contributed by atoms with Crippen molar-refractivity contribution >= 4 is 27.5 Å². The minimum absolute atomic E-state index is 0.196. The maximum Gasteiger partial charge on any atom is 0.241 e. The Hall–Kier alpha value is -1.03. The number of nitrogens with zero attached hydrogens (tertiary/aromatic N) is 1. The van der Waals surface area contributed by atoms with Crippen molar-refractivity contribution < 1.29 is 4.79 Å². The van der Waals surface area contributed by atoms with E-state index in [4.69, 9.17) is 0 Å². The number of hydrogen-bond acceptors (Lipinski definition) is 2. The summed E-state index contributed by atoms with van der Waals surface area (Å²) < 4.78 is 1.02. The van der Waals surface area contributed by atoms with Gasteiger partial charge in [0.1, 0.15) is 0 Å². The maximum atomic E-state index is 12.1. The van der Waals surface area contributed by atoms with Crippen LogP contribution in [0.15, 0.2) is 28.7 Å². The van der Waals surface area contributed by atoms with Gasteiger partial charge in [0, 0.05) is 23.2 Å². The van der Waals surface area contributed by atoms with E-state index in [0.717, 1.165) is 29.7 Å². The molecule has 1 amide bonds. The second kappa shape index (κ2) is 6.23. The van der Waals surface area contributed by atoms with Gasteiger partial charge in [-0.15, -0.1) is 0 Å². The molecule has 1 aliphatic rings. The van der Waals surface area contributed by atoms with E-state index in [2.05, 4.69) is 28.2 Å². The highest BCUT2D eigenvalue weighted by atomic mass is 79.9. The number of carbonyl (C=O) groups excluding carboxylic acids is 1. The van der Waals surface area contributed by atoms with E-state index in [9.17, 15) is 4.79 Å². The van der Waals surface area contributed by atoms with E-state index < -0.39 is 0 Å². The number of likely N-dealkylation sites (tertiary alicyclic amines) is 1. The van der Waals surface area contributed by atoms with Gasteiger partial charge in [-0.1, -0.05) is 28.9 Å². The zero-order valence-corrected chi connectivity index (χ0v) is 12.2. The van der Waals surface area contributed by atoms with Crippen LogP contribution < -0.4 is 5.32 Å². The van der Waals surface area contributed by atoms with Crippen LogP contribution in [0.3, 0.4) is 0 Å². The summed E-state index contributed by atoms with van der Waals surface area (Å²) in [6.45, 7) is 4.40. The maximum absolute atomic E-state index is 12.1. The standard InChI is InChI=1S/C14H19BrN2O/c1-11-4-3-7-17(10-11)14(18)9-16-13-6-2-5-12(15)8-13/h2,5-6,8,11,16H,3-4,7,9-10H2,1H3. The Morgan fingerprint density at radius 1 is 1.56 bits per heavy atom. The number of rotatable bonds is 3. The number of benzene rings is 1. The Kier molecular flexibility index (Phi) is 4.64. The van der Waals surface area contributed by atoms with Crippen molar-refractivity contribution in [2.24, 2.45) is 5.92 Å². The molecule has 1 heterocycles. The van der Waals surface area contributed by atoms with Gasteiger partial charge in [-0.05, 0) is 37.0 Å². The molecule has 0 spiro atoms. The lowest BCUT2D eigenvalue weighted by Crippen LogP contribution is -2.41. The zero-order chi connectivity index (χ0) is 13.0. The molecule has 1 N–H and O–H groups in total. The molecule has 0 saturated carbocycles. The fourth-order valence-electron chi connectivity index (χ4n) is 2.30. The number of hydrogen-bond donors (Lipinski definition) is 1. The summed E-state index contributed by atoms with van der Waals surface area (Å²) >= 11 is 3.42. The summed E-state index contributed by atoms with van der Waals surface area (Å²) in [4.78, 5) is 14.0. The van der Waals surface area contributed by atoms with Crippen LogP contribution in [-0.4, -0.2) is 30.4 Å². The van der Waals surface area contributed by atoms with Crippen LogP contribution in [0, 0.1) is 5.92 Å². The van der Waals surface area contributed by atoms with Crippen molar-refractivity contribution in [2.45, 2.75) is 19.8 Å². The summed E-state index contributed by atoms with van der Waals surface area (Å²) in [5.74, 6) is 0.829. The molecular weight excluding hydrogens is 292 g/mol. The summed E-state index contributed by atoms with van der Waals surface area (Å²) in [6, 6.07) is 7.88. The summed E-state index contributed by atoms with van der Waals surface area (Å²) in [6.07, 6.45) is 2.37. The monoisotopic (exact) mass is 310 g/mol. The third-order valence-corrected chi connectivity index (χ3v) is 3.77. The molecule has 1 atom stereocenters. The van der Waals surface area contributed by atoms with E-state index in [1.807, 2.05) is 29.2 Å². The Labute approximate surface area is 117 Å². The third kappa shape index (κ3) is 3.73. The molecule has 0 aliphatic carbocycles. The predicted molar refractivity (Wildman–Crippen MR) is 77.6 cm³/mol. The molecule has 3 nitrogen and oxygen atoms in total. The van der Waals surface area contributed by atoms with Crippen LogP contribution in [0.5, 0.6) is 0 Å². The third-order valence-electron chi connectivity index (χ3n) is 3.28. The largest absolute Gasteiger partial charge is 0.376 e. The first-order chi connectivity index (χ1) is 8.65. The number of nitrogens with one attached hydrogen (secondary N) is 1. The molecule has 1 aromatic rings. The number of halogens is 1. The molecule has 98 valence electrons. The Morgan fingerprint density at radius 3 is 3.11 bits per heavy atom. The highest BCUT2D eigenvalue weighted by molar-refractivity contribution is 9.10. The first kappa shape index (κ1) is 13.4. The molecule has 4 heteroatoms. The van der Waals surface area contributed by atoms with E-state index in [1.165, 1.54) is 6.42 Å². The average molecular weight is 311 g/mol. The minimum atomic E-state index is 0.196. The zero-order valence-electron chi connectivity index (χ0n) is 10.7. The van der Waals surface area contributed by atoms with Crippen LogP contribution in [0.4, 0.5) is 5.69 Å². The SMILES string of the molecule is CC1CCCN(C(=O)CNc2cccc(Br)c2)C1. The average Bonchev–Trinajstić information content (AvgIpc) is 2.36. The van der Waals surface area contributed by atoms with Gasteiger partial charge in [0.15, 0.2) is 0 Å². The number of anilines is 1. The van der Waals surface area contributed by atoms with E-state index in [-0.39, 0.29) is 5.91 Å². The Balaban J connectivity index is 1.84. The quantitative estimate of drug-likeness (QED) is 0.930. The summed E-state index contributed by atoms with van der Waals surface area (Å²) in [7, 11) is 0. The van der Waals surface area contributed by atoms with Gasteiger partial charge in [-0.3, -0.25) is 4.79 Å². The molecule has 0 radical (unpaired) electrons.